The summed E-state index contributed by atoms with van der Waals surface area (Å²) in [7, 11) is 0. The Morgan fingerprint density at radius 3 is 2.70 bits per heavy atom. The van der Waals surface area contributed by atoms with E-state index in [9.17, 15) is 14.4 Å². The number of halogens is 1. The van der Waals surface area contributed by atoms with Crippen LogP contribution < -0.4 is 5.56 Å². The standard InChI is InChI=1S/C13H15BrN2O4/c1-7(13(19)20)6-16(9-2-3-9)12(18)8-4-10(14)11(17)15-5-8/h4-5,7,9H,2-3,6H2,1H3,(H,15,17)(H,19,20). The van der Waals surface area contributed by atoms with Gasteiger partial charge in [0.2, 0.25) is 0 Å². The molecule has 108 valence electrons. The number of amides is 1. The van der Waals surface area contributed by atoms with Gasteiger partial charge in [-0.2, -0.15) is 0 Å². The highest BCUT2D eigenvalue weighted by atomic mass is 79.9. The van der Waals surface area contributed by atoms with Crippen molar-refractivity contribution in [2.45, 2.75) is 25.8 Å². The first-order valence-electron chi connectivity index (χ1n) is 6.32. The predicted octanol–water partition coefficient (Wildman–Crippen LogP) is 1.46. The third kappa shape index (κ3) is 3.27. The van der Waals surface area contributed by atoms with Crippen molar-refractivity contribution in [2.75, 3.05) is 6.54 Å². The summed E-state index contributed by atoms with van der Waals surface area (Å²) >= 11 is 3.08. The molecule has 1 aliphatic carbocycles. The van der Waals surface area contributed by atoms with Gasteiger partial charge in [-0.05, 0) is 34.8 Å². The van der Waals surface area contributed by atoms with E-state index < -0.39 is 11.9 Å². The maximum atomic E-state index is 12.4. The fourth-order valence-corrected chi connectivity index (χ4v) is 2.26. The first kappa shape index (κ1) is 14.8. The van der Waals surface area contributed by atoms with Gasteiger partial charge in [-0.1, -0.05) is 6.92 Å². The highest BCUT2D eigenvalue weighted by Gasteiger charge is 2.35. The first-order valence-corrected chi connectivity index (χ1v) is 7.11. The molecule has 1 heterocycles. The van der Waals surface area contributed by atoms with Crippen LogP contribution in [-0.4, -0.2) is 39.5 Å². The van der Waals surface area contributed by atoms with Crippen LogP contribution in [0.2, 0.25) is 0 Å². The molecule has 0 aliphatic heterocycles. The molecule has 0 radical (unpaired) electrons. The number of pyridine rings is 1. The minimum absolute atomic E-state index is 0.106. The minimum Gasteiger partial charge on any atom is -0.481 e. The molecule has 1 aromatic rings. The van der Waals surface area contributed by atoms with Crippen molar-refractivity contribution in [3.05, 3.63) is 32.7 Å². The molecule has 0 spiro atoms. The molecule has 20 heavy (non-hydrogen) atoms. The van der Waals surface area contributed by atoms with Crippen LogP contribution in [0.5, 0.6) is 0 Å². The zero-order valence-electron chi connectivity index (χ0n) is 10.9. The van der Waals surface area contributed by atoms with Gasteiger partial charge in [0.25, 0.3) is 11.5 Å². The Balaban J connectivity index is 2.20. The highest BCUT2D eigenvalue weighted by molar-refractivity contribution is 9.10. The number of carboxylic acid groups (broad SMARTS) is 1. The van der Waals surface area contributed by atoms with Crippen LogP contribution in [0.3, 0.4) is 0 Å². The van der Waals surface area contributed by atoms with Gasteiger partial charge in [0.05, 0.1) is 16.0 Å². The molecule has 1 aliphatic rings. The lowest BCUT2D eigenvalue weighted by atomic mass is 10.1. The predicted molar refractivity (Wildman–Crippen MR) is 75.6 cm³/mol. The molecule has 0 bridgehead atoms. The summed E-state index contributed by atoms with van der Waals surface area (Å²) in [5, 5.41) is 8.97. The summed E-state index contributed by atoms with van der Waals surface area (Å²) in [6.07, 6.45) is 3.14. The van der Waals surface area contributed by atoms with Gasteiger partial charge in [-0.15, -0.1) is 0 Å². The van der Waals surface area contributed by atoms with Gasteiger partial charge in [0.15, 0.2) is 0 Å². The van der Waals surface area contributed by atoms with Crippen LogP contribution >= 0.6 is 15.9 Å². The Morgan fingerprint density at radius 2 is 2.20 bits per heavy atom. The third-order valence-corrected chi connectivity index (χ3v) is 3.83. The molecular weight excluding hydrogens is 328 g/mol. The van der Waals surface area contributed by atoms with E-state index in [0.717, 1.165) is 12.8 Å². The van der Waals surface area contributed by atoms with Gasteiger partial charge in [0, 0.05) is 18.8 Å². The van der Waals surface area contributed by atoms with E-state index in [1.807, 2.05) is 0 Å². The van der Waals surface area contributed by atoms with Crippen LogP contribution in [0.1, 0.15) is 30.1 Å². The molecular formula is C13H15BrN2O4. The van der Waals surface area contributed by atoms with Crippen LogP contribution in [0.15, 0.2) is 21.5 Å². The molecule has 1 fully saturated rings. The van der Waals surface area contributed by atoms with E-state index in [1.54, 1.807) is 11.8 Å². The summed E-state index contributed by atoms with van der Waals surface area (Å²) in [5.41, 5.74) is 0.0411. The van der Waals surface area contributed by atoms with E-state index in [1.165, 1.54) is 12.3 Å². The average molecular weight is 343 g/mol. The number of nitrogens with one attached hydrogen (secondary N) is 1. The van der Waals surface area contributed by atoms with Crippen molar-refractivity contribution in [2.24, 2.45) is 5.92 Å². The van der Waals surface area contributed by atoms with E-state index in [0.29, 0.717) is 5.56 Å². The number of carbonyl (C=O) groups is 2. The summed E-state index contributed by atoms with van der Waals surface area (Å²) in [6.45, 7) is 1.75. The first-order chi connectivity index (χ1) is 9.40. The molecule has 1 unspecified atom stereocenters. The van der Waals surface area contributed by atoms with Gasteiger partial charge in [0.1, 0.15) is 0 Å². The van der Waals surface area contributed by atoms with Gasteiger partial charge < -0.3 is 15.0 Å². The van der Waals surface area contributed by atoms with Crippen molar-refractivity contribution in [1.82, 2.24) is 9.88 Å². The number of carboxylic acids is 1. The molecule has 1 aromatic heterocycles. The maximum absolute atomic E-state index is 12.4. The maximum Gasteiger partial charge on any atom is 0.308 e. The molecule has 2 rings (SSSR count). The number of hydrogen-bond donors (Lipinski definition) is 2. The topological polar surface area (TPSA) is 90.5 Å². The number of hydrogen-bond acceptors (Lipinski definition) is 3. The number of nitrogens with zero attached hydrogens (tertiary/aromatic N) is 1. The van der Waals surface area contributed by atoms with Crippen molar-refractivity contribution < 1.29 is 14.7 Å². The Morgan fingerprint density at radius 1 is 1.55 bits per heavy atom. The largest absolute Gasteiger partial charge is 0.481 e. The second-order valence-corrected chi connectivity index (χ2v) is 5.85. The number of aromatic amines is 1. The SMILES string of the molecule is CC(CN(C(=O)c1c[nH]c(=O)c(Br)c1)C1CC1)C(=O)O. The van der Waals surface area contributed by atoms with Crippen molar-refractivity contribution >= 4 is 27.8 Å². The number of aromatic nitrogens is 1. The molecule has 7 heteroatoms. The van der Waals surface area contributed by atoms with E-state index in [4.69, 9.17) is 5.11 Å². The zero-order chi connectivity index (χ0) is 14.9. The fraction of sp³-hybridized carbons (Fsp3) is 0.462. The Kier molecular flexibility index (Phi) is 4.27. The summed E-state index contributed by atoms with van der Waals surface area (Å²) in [6, 6.07) is 1.57. The lowest BCUT2D eigenvalue weighted by Crippen LogP contribution is -2.38. The zero-order valence-corrected chi connectivity index (χ0v) is 12.5. The number of carbonyl (C=O) groups excluding carboxylic acids is 1. The van der Waals surface area contributed by atoms with Crippen molar-refractivity contribution in [1.29, 1.82) is 0 Å². The normalized spacial score (nSPS) is 15.7. The van der Waals surface area contributed by atoms with Crippen LogP contribution in [0.25, 0.3) is 0 Å². The van der Waals surface area contributed by atoms with Gasteiger partial charge in [-0.25, -0.2) is 0 Å². The van der Waals surface area contributed by atoms with Crippen molar-refractivity contribution in [3.63, 3.8) is 0 Å². The van der Waals surface area contributed by atoms with Crippen molar-refractivity contribution in [3.8, 4) is 0 Å². The highest BCUT2D eigenvalue weighted by Crippen LogP contribution is 2.29. The van der Waals surface area contributed by atoms with Crippen LogP contribution in [0, 0.1) is 5.92 Å². The molecule has 2 N–H and O–H groups in total. The second-order valence-electron chi connectivity index (χ2n) is 4.99. The lowest BCUT2D eigenvalue weighted by Gasteiger charge is -2.24. The average Bonchev–Trinajstić information content (AvgIpc) is 3.22. The monoisotopic (exact) mass is 342 g/mol. The molecule has 6 nitrogen and oxygen atoms in total. The smallest absolute Gasteiger partial charge is 0.308 e. The third-order valence-electron chi connectivity index (χ3n) is 3.25. The van der Waals surface area contributed by atoms with Gasteiger partial charge >= 0.3 is 5.97 Å². The van der Waals surface area contributed by atoms with E-state index in [2.05, 4.69) is 20.9 Å². The summed E-state index contributed by atoms with van der Waals surface area (Å²) in [4.78, 5) is 38.7. The van der Waals surface area contributed by atoms with Gasteiger partial charge in [-0.3, -0.25) is 14.4 Å². The fourth-order valence-electron chi connectivity index (χ4n) is 1.90. The Labute approximate surface area is 123 Å². The number of H-pyrrole nitrogens is 1. The summed E-state index contributed by atoms with van der Waals surface area (Å²) in [5.74, 6) is -1.80. The molecule has 0 aromatic carbocycles. The molecule has 1 saturated carbocycles. The quantitative estimate of drug-likeness (QED) is 0.847. The number of rotatable bonds is 5. The molecule has 1 atom stereocenters. The summed E-state index contributed by atoms with van der Waals surface area (Å²) < 4.78 is 0.283. The van der Waals surface area contributed by atoms with E-state index >= 15 is 0 Å². The molecule has 0 saturated heterocycles. The minimum atomic E-state index is -0.925. The van der Waals surface area contributed by atoms with Crippen LogP contribution in [-0.2, 0) is 4.79 Å². The second kappa shape index (κ2) is 5.78. The van der Waals surface area contributed by atoms with Crippen LogP contribution in [0.4, 0.5) is 0 Å². The Hall–Kier alpha value is -1.63. The molecule has 1 amide bonds. The Bertz CT molecular complexity index is 594. The number of aliphatic carboxylic acids is 1. The van der Waals surface area contributed by atoms with E-state index in [-0.39, 0.29) is 28.5 Å². The lowest BCUT2D eigenvalue weighted by molar-refractivity contribution is -0.141.